The standard InChI is InChI=1S/C12H14BrClO2/c1-7-4-9(12(15)10(13)6-14)11(16-3)5-8(7)2/h4-5,10H,6H2,1-3H3. The average Bonchev–Trinajstić information content (AvgIpc) is 2.30. The third-order valence-corrected chi connectivity index (χ3v) is 3.92. The predicted octanol–water partition coefficient (Wildman–Crippen LogP) is 3.50. The summed E-state index contributed by atoms with van der Waals surface area (Å²) in [5.41, 5.74) is 2.75. The zero-order valence-corrected chi connectivity index (χ0v) is 11.9. The SMILES string of the molecule is COc1cc(C)c(C)cc1C(=O)C(Br)CCl. The van der Waals surface area contributed by atoms with Gasteiger partial charge in [-0.1, -0.05) is 15.9 Å². The molecule has 0 bridgehead atoms. The van der Waals surface area contributed by atoms with Gasteiger partial charge in [-0.15, -0.1) is 11.6 Å². The van der Waals surface area contributed by atoms with Gasteiger partial charge in [0.2, 0.25) is 0 Å². The van der Waals surface area contributed by atoms with Gasteiger partial charge in [-0.25, -0.2) is 0 Å². The fourth-order valence-corrected chi connectivity index (χ4v) is 1.78. The fraction of sp³-hybridized carbons (Fsp3) is 0.417. The second kappa shape index (κ2) is 5.69. The first-order valence-corrected chi connectivity index (χ1v) is 6.35. The van der Waals surface area contributed by atoms with Crippen LogP contribution in [0.5, 0.6) is 5.75 Å². The Kier molecular flexibility index (Phi) is 4.81. The number of ether oxygens (including phenoxy) is 1. The number of carbonyl (C=O) groups is 1. The molecule has 0 radical (unpaired) electrons. The first kappa shape index (κ1) is 13.5. The van der Waals surface area contributed by atoms with Crippen LogP contribution in [-0.2, 0) is 0 Å². The molecule has 0 saturated carbocycles. The highest BCUT2D eigenvalue weighted by Crippen LogP contribution is 2.26. The monoisotopic (exact) mass is 304 g/mol. The van der Waals surface area contributed by atoms with Crippen molar-refractivity contribution in [2.45, 2.75) is 18.7 Å². The van der Waals surface area contributed by atoms with Crippen molar-refractivity contribution in [1.29, 1.82) is 0 Å². The van der Waals surface area contributed by atoms with Crippen LogP contribution in [0.15, 0.2) is 12.1 Å². The summed E-state index contributed by atoms with van der Waals surface area (Å²) in [6.07, 6.45) is 0. The molecule has 0 aliphatic heterocycles. The van der Waals surface area contributed by atoms with Gasteiger partial charge in [-0.3, -0.25) is 4.79 Å². The summed E-state index contributed by atoms with van der Waals surface area (Å²) in [5, 5.41) is 0. The minimum atomic E-state index is -0.370. The van der Waals surface area contributed by atoms with Crippen LogP contribution in [0.2, 0.25) is 0 Å². The largest absolute Gasteiger partial charge is 0.496 e. The van der Waals surface area contributed by atoms with Crippen LogP contribution in [0.25, 0.3) is 0 Å². The Hall–Kier alpha value is -0.540. The second-order valence-corrected chi connectivity index (χ2v) is 5.04. The van der Waals surface area contributed by atoms with Gasteiger partial charge in [0.25, 0.3) is 0 Å². The van der Waals surface area contributed by atoms with E-state index in [4.69, 9.17) is 16.3 Å². The quantitative estimate of drug-likeness (QED) is 0.629. The Labute approximate surface area is 109 Å². The molecule has 1 rings (SSSR count). The summed E-state index contributed by atoms with van der Waals surface area (Å²) in [5.74, 6) is 0.798. The molecule has 1 unspecified atom stereocenters. The van der Waals surface area contributed by atoms with Crippen molar-refractivity contribution in [3.63, 3.8) is 0 Å². The smallest absolute Gasteiger partial charge is 0.181 e. The van der Waals surface area contributed by atoms with E-state index < -0.39 is 0 Å². The summed E-state index contributed by atoms with van der Waals surface area (Å²) < 4.78 is 5.21. The molecule has 2 nitrogen and oxygen atoms in total. The zero-order valence-electron chi connectivity index (χ0n) is 9.51. The molecule has 0 heterocycles. The number of halogens is 2. The number of rotatable bonds is 4. The molecule has 4 heteroatoms. The molecule has 0 spiro atoms. The van der Waals surface area contributed by atoms with E-state index in [0.717, 1.165) is 11.1 Å². The van der Waals surface area contributed by atoms with Crippen molar-refractivity contribution in [3.8, 4) is 5.75 Å². The maximum atomic E-state index is 12.0. The van der Waals surface area contributed by atoms with Crippen LogP contribution in [0.1, 0.15) is 21.5 Å². The normalized spacial score (nSPS) is 12.3. The van der Waals surface area contributed by atoms with Gasteiger partial charge in [-0.2, -0.15) is 0 Å². The van der Waals surface area contributed by atoms with Crippen molar-refractivity contribution in [2.24, 2.45) is 0 Å². The van der Waals surface area contributed by atoms with E-state index >= 15 is 0 Å². The summed E-state index contributed by atoms with van der Waals surface area (Å²) >= 11 is 8.90. The lowest BCUT2D eigenvalue weighted by molar-refractivity contribution is 0.0994. The first-order chi connectivity index (χ1) is 7.51. The molecule has 1 aromatic rings. The lowest BCUT2D eigenvalue weighted by atomic mass is 10.0. The number of hydrogen-bond donors (Lipinski definition) is 0. The highest BCUT2D eigenvalue weighted by Gasteiger charge is 2.20. The third kappa shape index (κ3) is 2.77. The number of carbonyl (C=O) groups excluding carboxylic acids is 1. The minimum Gasteiger partial charge on any atom is -0.496 e. The molecule has 1 atom stereocenters. The van der Waals surface area contributed by atoms with Crippen LogP contribution in [-0.4, -0.2) is 23.6 Å². The third-order valence-electron chi connectivity index (χ3n) is 2.50. The van der Waals surface area contributed by atoms with E-state index in [1.54, 1.807) is 7.11 Å². The molecule has 0 fully saturated rings. The molecule has 0 aromatic heterocycles. The number of ketones is 1. The van der Waals surface area contributed by atoms with Gasteiger partial charge in [0, 0.05) is 5.88 Å². The van der Waals surface area contributed by atoms with Gasteiger partial charge in [-0.05, 0) is 37.1 Å². The Morgan fingerprint density at radius 2 is 2.00 bits per heavy atom. The fourth-order valence-electron chi connectivity index (χ4n) is 1.39. The van der Waals surface area contributed by atoms with Gasteiger partial charge >= 0.3 is 0 Å². The van der Waals surface area contributed by atoms with Crippen molar-refractivity contribution in [2.75, 3.05) is 13.0 Å². The highest BCUT2D eigenvalue weighted by molar-refractivity contribution is 9.10. The molecular weight excluding hydrogens is 291 g/mol. The van der Waals surface area contributed by atoms with E-state index in [-0.39, 0.29) is 16.5 Å². The van der Waals surface area contributed by atoms with E-state index in [1.165, 1.54) is 0 Å². The van der Waals surface area contributed by atoms with Crippen LogP contribution in [0.4, 0.5) is 0 Å². The topological polar surface area (TPSA) is 26.3 Å². The van der Waals surface area contributed by atoms with Crippen LogP contribution in [0, 0.1) is 13.8 Å². The Bertz CT molecular complexity index is 404. The molecule has 1 aromatic carbocycles. The Morgan fingerprint density at radius 3 is 2.50 bits per heavy atom. The van der Waals surface area contributed by atoms with E-state index in [2.05, 4.69) is 15.9 Å². The second-order valence-electron chi connectivity index (χ2n) is 3.62. The van der Waals surface area contributed by atoms with Gasteiger partial charge in [0.05, 0.1) is 17.5 Å². The molecule has 0 aliphatic carbocycles. The van der Waals surface area contributed by atoms with Gasteiger partial charge < -0.3 is 4.74 Å². The van der Waals surface area contributed by atoms with Gasteiger partial charge in [0.15, 0.2) is 5.78 Å². The van der Waals surface area contributed by atoms with Crippen molar-refractivity contribution in [3.05, 3.63) is 28.8 Å². The maximum absolute atomic E-state index is 12.0. The molecule has 16 heavy (non-hydrogen) atoms. The van der Waals surface area contributed by atoms with Crippen LogP contribution < -0.4 is 4.74 Å². The number of methoxy groups -OCH3 is 1. The molecule has 88 valence electrons. The molecule has 0 N–H and O–H groups in total. The van der Waals surface area contributed by atoms with Crippen molar-refractivity contribution < 1.29 is 9.53 Å². The van der Waals surface area contributed by atoms with E-state index in [1.807, 2.05) is 26.0 Å². The van der Waals surface area contributed by atoms with Crippen LogP contribution in [0.3, 0.4) is 0 Å². The average molecular weight is 306 g/mol. The predicted molar refractivity (Wildman–Crippen MR) is 70.2 cm³/mol. The molecule has 0 amide bonds. The number of benzene rings is 1. The lowest BCUT2D eigenvalue weighted by Gasteiger charge is -2.12. The maximum Gasteiger partial charge on any atom is 0.181 e. The summed E-state index contributed by atoms with van der Waals surface area (Å²) in [4.78, 5) is 11.6. The number of hydrogen-bond acceptors (Lipinski definition) is 2. The Morgan fingerprint density at radius 1 is 1.44 bits per heavy atom. The summed E-state index contributed by atoms with van der Waals surface area (Å²) in [7, 11) is 1.56. The zero-order chi connectivity index (χ0) is 12.3. The number of aryl methyl sites for hydroxylation is 2. The van der Waals surface area contributed by atoms with E-state index in [0.29, 0.717) is 11.3 Å². The summed E-state index contributed by atoms with van der Waals surface area (Å²) in [6.45, 7) is 3.95. The Balaban J connectivity index is 3.21. The van der Waals surface area contributed by atoms with E-state index in [9.17, 15) is 4.79 Å². The van der Waals surface area contributed by atoms with Gasteiger partial charge in [0.1, 0.15) is 5.75 Å². The first-order valence-electron chi connectivity index (χ1n) is 4.90. The highest BCUT2D eigenvalue weighted by atomic mass is 79.9. The molecule has 0 saturated heterocycles. The lowest BCUT2D eigenvalue weighted by Crippen LogP contribution is -2.17. The molecular formula is C12H14BrClO2. The molecule has 0 aliphatic rings. The van der Waals surface area contributed by atoms with Crippen molar-refractivity contribution >= 4 is 33.3 Å². The number of Topliss-reactive ketones (excluding diaryl/α,β-unsaturated/α-hetero) is 1. The minimum absolute atomic E-state index is 0.0463. The van der Waals surface area contributed by atoms with Crippen LogP contribution >= 0.6 is 27.5 Å². The summed E-state index contributed by atoms with van der Waals surface area (Å²) in [6, 6.07) is 3.72. The van der Waals surface area contributed by atoms with Crippen molar-refractivity contribution in [1.82, 2.24) is 0 Å². The number of alkyl halides is 2.